The van der Waals surface area contributed by atoms with E-state index in [-0.39, 0.29) is 0 Å². The van der Waals surface area contributed by atoms with Gasteiger partial charge in [0.2, 0.25) is 0 Å². The minimum Gasteiger partial charge on any atom is -0.456 e. The average molecular weight is 522 g/mol. The molecule has 1 heteroatoms. The largest absolute Gasteiger partial charge is 0.456 e. The zero-order valence-corrected chi connectivity index (χ0v) is 22.2. The van der Waals surface area contributed by atoms with Crippen molar-refractivity contribution in [1.82, 2.24) is 0 Å². The van der Waals surface area contributed by atoms with E-state index in [2.05, 4.69) is 115 Å². The Kier molecular flexibility index (Phi) is 4.47. The molecule has 0 radical (unpaired) electrons. The van der Waals surface area contributed by atoms with Gasteiger partial charge in [0.1, 0.15) is 11.5 Å². The Bertz CT molecular complexity index is 2400. The van der Waals surface area contributed by atoms with Gasteiger partial charge in [0.25, 0.3) is 0 Å². The first-order chi connectivity index (χ1) is 20.8. The van der Waals surface area contributed by atoms with Crippen LogP contribution in [0.2, 0.25) is 0 Å². The van der Waals surface area contributed by atoms with Crippen molar-refractivity contribution in [3.05, 3.63) is 146 Å². The molecule has 0 fully saturated rings. The summed E-state index contributed by atoms with van der Waals surface area (Å²) in [4.78, 5) is 0. The fourth-order valence-electron chi connectivity index (χ4n) is 6.78. The third-order valence-corrected chi connectivity index (χ3v) is 8.55. The number of hydrogen-bond acceptors (Lipinski definition) is 1. The second kappa shape index (κ2) is 8.55. The van der Waals surface area contributed by atoms with E-state index in [1.807, 2.05) is 24.3 Å². The van der Waals surface area contributed by atoms with Crippen molar-refractivity contribution in [1.29, 1.82) is 0 Å². The summed E-state index contributed by atoms with van der Waals surface area (Å²) in [5.74, 6) is 1.75. The van der Waals surface area contributed by atoms with Gasteiger partial charge in [-0.25, -0.2) is 0 Å². The van der Waals surface area contributed by atoms with E-state index >= 15 is 0 Å². The Morgan fingerprint density at radius 1 is 0.415 bits per heavy atom. The highest BCUT2D eigenvalue weighted by Gasteiger charge is 2.23. The lowest BCUT2D eigenvalue weighted by Crippen LogP contribution is -1.98. The fourth-order valence-corrected chi connectivity index (χ4v) is 6.78. The highest BCUT2D eigenvalue weighted by atomic mass is 16.5. The maximum atomic E-state index is 9.23. The highest BCUT2D eigenvalue weighted by molar-refractivity contribution is 6.24. The van der Waals surface area contributed by atoms with Crippen LogP contribution in [0.15, 0.2) is 146 Å². The average Bonchev–Trinajstić information content (AvgIpc) is 3.04. The van der Waals surface area contributed by atoms with E-state index in [9.17, 15) is 1.37 Å². The summed E-state index contributed by atoms with van der Waals surface area (Å²) in [6, 6.07) is 49.5. The number of hydrogen-bond donors (Lipinski definition) is 0. The maximum Gasteiger partial charge on any atom is 0.135 e. The summed E-state index contributed by atoms with van der Waals surface area (Å²) >= 11 is 0. The van der Waals surface area contributed by atoms with Crippen molar-refractivity contribution < 1.29 is 6.11 Å². The van der Waals surface area contributed by atoms with E-state index in [1.54, 1.807) is 0 Å². The van der Waals surface area contributed by atoms with Crippen molar-refractivity contribution in [2.24, 2.45) is 0 Å². The molecule has 190 valence electrons. The first-order valence-electron chi connectivity index (χ1n) is 14.5. The Labute approximate surface area is 239 Å². The van der Waals surface area contributed by atoms with Crippen molar-refractivity contribution in [2.75, 3.05) is 0 Å². The van der Waals surface area contributed by atoms with Crippen LogP contribution in [0.3, 0.4) is 0 Å². The number of rotatable bonds is 2. The molecule has 0 saturated heterocycles. The monoisotopic (exact) mass is 521 g/mol. The van der Waals surface area contributed by atoms with Gasteiger partial charge in [0, 0.05) is 10.9 Å². The van der Waals surface area contributed by atoms with E-state index in [0.29, 0.717) is 6.04 Å². The topological polar surface area (TPSA) is 9.23 Å². The van der Waals surface area contributed by atoms with Gasteiger partial charge in [-0.2, -0.15) is 0 Å². The zero-order valence-electron chi connectivity index (χ0n) is 23.2. The summed E-state index contributed by atoms with van der Waals surface area (Å²) in [5.41, 5.74) is 6.83. The Hall–Kier alpha value is -5.40. The molecule has 0 bridgehead atoms. The standard InChI is InChI=1S/C40H24O/c1-2-11-26-24-27(21-20-25(26)10-1)38-30-13-3-5-15-32(30)39(33-16-6-4-14-31(33)38)35-22-23-37-40-29(17-9-18-34(35)40)28-12-7-8-19-36(28)41-37/h1-24H/i15D. The molecule has 8 aromatic rings. The molecular weight excluding hydrogens is 496 g/mol. The molecule has 9 rings (SSSR count). The predicted octanol–water partition coefficient (Wildman–Crippen LogP) is 11.4. The van der Waals surface area contributed by atoms with Gasteiger partial charge in [0.05, 0.1) is 1.37 Å². The molecule has 0 aliphatic carbocycles. The molecular formula is C40H24O. The van der Waals surface area contributed by atoms with Crippen molar-refractivity contribution in [3.8, 4) is 44.9 Å². The van der Waals surface area contributed by atoms with Gasteiger partial charge in [-0.15, -0.1) is 0 Å². The van der Waals surface area contributed by atoms with Crippen molar-refractivity contribution in [2.45, 2.75) is 0 Å². The van der Waals surface area contributed by atoms with E-state index in [1.165, 1.54) is 27.3 Å². The number of para-hydroxylation sites is 1. The lowest BCUT2D eigenvalue weighted by atomic mass is 9.83. The molecule has 1 nitrogen and oxygen atoms in total. The molecule has 0 saturated carbocycles. The minimum absolute atomic E-state index is 0.525. The van der Waals surface area contributed by atoms with Gasteiger partial charge in [-0.3, -0.25) is 0 Å². The fraction of sp³-hybridized carbons (Fsp3) is 0. The Morgan fingerprint density at radius 3 is 2.00 bits per heavy atom. The molecule has 41 heavy (non-hydrogen) atoms. The third-order valence-electron chi connectivity index (χ3n) is 8.55. The lowest BCUT2D eigenvalue weighted by molar-refractivity contribution is 0.487. The molecule has 0 N–H and O–H groups in total. The van der Waals surface area contributed by atoms with Crippen LogP contribution in [-0.2, 0) is 0 Å². The van der Waals surface area contributed by atoms with E-state index in [0.717, 1.165) is 60.7 Å². The molecule has 1 aliphatic heterocycles. The third kappa shape index (κ3) is 3.24. The molecule has 0 unspecified atom stereocenters. The Balaban J connectivity index is 1.42. The molecule has 0 amide bonds. The Morgan fingerprint density at radius 2 is 1.10 bits per heavy atom. The minimum atomic E-state index is 0.525. The van der Waals surface area contributed by atoms with E-state index in [4.69, 9.17) is 4.74 Å². The molecule has 0 aromatic heterocycles. The van der Waals surface area contributed by atoms with Gasteiger partial charge in [-0.1, -0.05) is 121 Å². The van der Waals surface area contributed by atoms with Crippen LogP contribution in [0.5, 0.6) is 11.5 Å². The van der Waals surface area contributed by atoms with Gasteiger partial charge in [0.15, 0.2) is 0 Å². The molecule has 0 atom stereocenters. The number of ether oxygens (including phenoxy) is 1. The van der Waals surface area contributed by atoms with Crippen LogP contribution < -0.4 is 4.74 Å². The zero-order chi connectivity index (χ0) is 27.8. The molecule has 1 heterocycles. The quantitative estimate of drug-likeness (QED) is 0.206. The molecule has 1 aliphatic rings. The molecule has 8 aromatic carbocycles. The van der Waals surface area contributed by atoms with Crippen molar-refractivity contribution in [3.63, 3.8) is 0 Å². The summed E-state index contributed by atoms with van der Waals surface area (Å²) in [6.07, 6.45) is 0. The lowest BCUT2D eigenvalue weighted by Gasteiger charge is -2.24. The summed E-state index contributed by atoms with van der Waals surface area (Å²) in [7, 11) is 0. The van der Waals surface area contributed by atoms with Gasteiger partial charge in [-0.05, 0) is 89.8 Å². The maximum absolute atomic E-state index is 9.23. The summed E-state index contributed by atoms with van der Waals surface area (Å²) < 4.78 is 15.6. The summed E-state index contributed by atoms with van der Waals surface area (Å²) in [6.45, 7) is 0. The summed E-state index contributed by atoms with van der Waals surface area (Å²) in [5, 5.41) is 9.07. The van der Waals surface area contributed by atoms with Crippen molar-refractivity contribution >= 4 is 43.1 Å². The predicted molar refractivity (Wildman–Crippen MR) is 173 cm³/mol. The van der Waals surface area contributed by atoms with Crippen LogP contribution in [0, 0.1) is 0 Å². The second-order valence-electron chi connectivity index (χ2n) is 10.8. The van der Waals surface area contributed by atoms with Gasteiger partial charge >= 0.3 is 0 Å². The van der Waals surface area contributed by atoms with E-state index < -0.39 is 0 Å². The van der Waals surface area contributed by atoms with Crippen LogP contribution in [0.1, 0.15) is 1.37 Å². The highest BCUT2D eigenvalue weighted by Crippen LogP contribution is 2.51. The normalized spacial score (nSPS) is 12.4. The smallest absolute Gasteiger partial charge is 0.135 e. The van der Waals surface area contributed by atoms with Crippen LogP contribution in [-0.4, -0.2) is 0 Å². The first kappa shape index (κ1) is 21.4. The van der Waals surface area contributed by atoms with Crippen LogP contribution >= 0.6 is 0 Å². The first-order valence-corrected chi connectivity index (χ1v) is 14.0. The number of fused-ring (bicyclic) bond motifs is 5. The SMILES string of the molecule is [2H]c1cccc2c(-c3ccc4ccccc4c3)c3ccccc3c(-c3ccc4c5c(cccc35)-c3ccccc3O4)c12. The second-order valence-corrected chi connectivity index (χ2v) is 10.8. The molecule has 0 spiro atoms. The van der Waals surface area contributed by atoms with Crippen LogP contribution in [0.4, 0.5) is 0 Å². The van der Waals surface area contributed by atoms with Gasteiger partial charge < -0.3 is 4.74 Å². The van der Waals surface area contributed by atoms with Crippen LogP contribution in [0.25, 0.3) is 76.5 Å². The number of benzene rings is 8.